The number of phenols is 1. The van der Waals surface area contributed by atoms with Gasteiger partial charge in [0.25, 0.3) is 5.91 Å². The van der Waals surface area contributed by atoms with E-state index in [2.05, 4.69) is 16.4 Å². The number of amides is 1. The maximum absolute atomic E-state index is 13.3. The number of nitrogens with one attached hydrogen (secondary N) is 1. The smallest absolute Gasteiger partial charge is 0.274 e. The van der Waals surface area contributed by atoms with Crippen molar-refractivity contribution in [3.63, 3.8) is 0 Å². The van der Waals surface area contributed by atoms with Crippen molar-refractivity contribution in [2.75, 3.05) is 23.3 Å². The summed E-state index contributed by atoms with van der Waals surface area (Å²) in [5, 5.41) is 23.6. The second-order valence-electron chi connectivity index (χ2n) is 7.81. The SMILES string of the molecule is CCN(CCCC#N)c1cc(C(=O)Nc2cc(O)cc3ccccc23)nc(-c2ccccc2)n1. The third-order valence-corrected chi connectivity index (χ3v) is 5.49. The van der Waals surface area contributed by atoms with Gasteiger partial charge in [0, 0.05) is 42.6 Å². The molecule has 3 aromatic carbocycles. The molecule has 0 saturated heterocycles. The normalized spacial score (nSPS) is 10.6. The van der Waals surface area contributed by atoms with Crippen LogP contribution in [0.4, 0.5) is 11.5 Å². The van der Waals surface area contributed by atoms with Crippen molar-refractivity contribution in [1.29, 1.82) is 5.26 Å². The number of hydrogen-bond donors (Lipinski definition) is 2. The van der Waals surface area contributed by atoms with Crippen molar-refractivity contribution in [3.05, 3.63) is 78.5 Å². The van der Waals surface area contributed by atoms with Crippen LogP contribution in [0.15, 0.2) is 72.8 Å². The monoisotopic (exact) mass is 451 g/mol. The van der Waals surface area contributed by atoms with Crippen LogP contribution in [0, 0.1) is 11.3 Å². The highest BCUT2D eigenvalue weighted by molar-refractivity contribution is 6.09. The minimum atomic E-state index is -0.398. The zero-order valence-corrected chi connectivity index (χ0v) is 18.9. The van der Waals surface area contributed by atoms with Crippen LogP contribution in [0.2, 0.25) is 0 Å². The summed E-state index contributed by atoms with van der Waals surface area (Å²) in [5.74, 6) is 0.740. The Morgan fingerprint density at radius 1 is 1.06 bits per heavy atom. The molecule has 0 atom stereocenters. The van der Waals surface area contributed by atoms with E-state index in [1.165, 1.54) is 6.07 Å². The number of benzene rings is 3. The van der Waals surface area contributed by atoms with Crippen LogP contribution in [0.5, 0.6) is 5.75 Å². The predicted octanol–water partition coefficient (Wildman–Crippen LogP) is 5.38. The Kier molecular flexibility index (Phi) is 6.99. The van der Waals surface area contributed by atoms with E-state index in [4.69, 9.17) is 10.2 Å². The highest BCUT2D eigenvalue weighted by atomic mass is 16.3. The number of unbranched alkanes of at least 4 members (excludes halogenated alkanes) is 1. The van der Waals surface area contributed by atoms with E-state index >= 15 is 0 Å². The molecule has 2 N–H and O–H groups in total. The zero-order valence-electron chi connectivity index (χ0n) is 18.9. The second-order valence-corrected chi connectivity index (χ2v) is 7.81. The summed E-state index contributed by atoms with van der Waals surface area (Å²) in [5.41, 5.74) is 1.52. The predicted molar refractivity (Wildman–Crippen MR) is 134 cm³/mol. The third-order valence-electron chi connectivity index (χ3n) is 5.49. The van der Waals surface area contributed by atoms with Gasteiger partial charge in [-0.25, -0.2) is 9.97 Å². The molecule has 1 aromatic heterocycles. The average molecular weight is 452 g/mol. The fourth-order valence-electron chi connectivity index (χ4n) is 3.80. The Labute approximate surface area is 198 Å². The Morgan fingerprint density at radius 3 is 2.59 bits per heavy atom. The van der Waals surface area contributed by atoms with Crippen molar-refractivity contribution < 1.29 is 9.90 Å². The summed E-state index contributed by atoms with van der Waals surface area (Å²) < 4.78 is 0. The Bertz CT molecular complexity index is 1350. The molecule has 0 saturated carbocycles. The molecule has 0 bridgehead atoms. The lowest BCUT2D eigenvalue weighted by molar-refractivity contribution is 0.102. The van der Waals surface area contributed by atoms with Crippen LogP contribution in [-0.2, 0) is 0 Å². The van der Waals surface area contributed by atoms with E-state index < -0.39 is 5.91 Å². The summed E-state index contributed by atoms with van der Waals surface area (Å²) in [6.45, 7) is 3.33. The molecule has 1 heterocycles. The molecule has 0 unspecified atom stereocenters. The molecular formula is C27H25N5O2. The highest BCUT2D eigenvalue weighted by Gasteiger charge is 2.17. The largest absolute Gasteiger partial charge is 0.508 e. The van der Waals surface area contributed by atoms with Crippen molar-refractivity contribution in [2.45, 2.75) is 19.8 Å². The van der Waals surface area contributed by atoms with E-state index in [0.29, 0.717) is 43.3 Å². The van der Waals surface area contributed by atoms with Crippen molar-refractivity contribution in [2.24, 2.45) is 0 Å². The molecule has 0 spiro atoms. The van der Waals surface area contributed by atoms with E-state index in [1.807, 2.05) is 66.4 Å². The van der Waals surface area contributed by atoms with E-state index in [-0.39, 0.29) is 11.4 Å². The lowest BCUT2D eigenvalue weighted by atomic mass is 10.1. The van der Waals surface area contributed by atoms with Gasteiger partial charge in [0.15, 0.2) is 5.82 Å². The van der Waals surface area contributed by atoms with Crippen LogP contribution in [-0.4, -0.2) is 34.1 Å². The summed E-state index contributed by atoms with van der Waals surface area (Å²) in [4.78, 5) is 24.6. The van der Waals surface area contributed by atoms with E-state index in [0.717, 1.165) is 16.3 Å². The molecule has 1 amide bonds. The number of aromatic nitrogens is 2. The molecule has 0 fully saturated rings. The summed E-state index contributed by atoms with van der Waals surface area (Å²) in [7, 11) is 0. The van der Waals surface area contributed by atoms with Crippen LogP contribution in [0.1, 0.15) is 30.3 Å². The van der Waals surface area contributed by atoms with Gasteiger partial charge in [-0.2, -0.15) is 5.26 Å². The fraction of sp³-hybridized carbons (Fsp3) is 0.185. The number of rotatable bonds is 8. The van der Waals surface area contributed by atoms with Crippen molar-refractivity contribution >= 4 is 28.2 Å². The first-order chi connectivity index (χ1) is 16.6. The Hall–Kier alpha value is -4.44. The van der Waals surface area contributed by atoms with Crippen LogP contribution in [0.3, 0.4) is 0 Å². The number of anilines is 2. The third kappa shape index (κ3) is 5.13. The van der Waals surface area contributed by atoms with Gasteiger partial charge in [-0.05, 0) is 24.8 Å². The van der Waals surface area contributed by atoms with Crippen LogP contribution < -0.4 is 10.2 Å². The standard InChI is InChI=1S/C27H25N5O2/c1-2-32(15-9-8-14-28)25-18-24(29-26(31-25)19-10-4-3-5-11-19)27(34)30-23-17-21(33)16-20-12-6-7-13-22(20)23/h3-7,10-13,16-18,33H,2,8-9,15H2,1H3,(H,30,34). The lowest BCUT2D eigenvalue weighted by Crippen LogP contribution is -2.26. The van der Waals surface area contributed by atoms with Gasteiger partial charge >= 0.3 is 0 Å². The summed E-state index contributed by atoms with van der Waals surface area (Å²) in [6, 6.07) is 24.0. The quantitative estimate of drug-likeness (QED) is 0.349. The summed E-state index contributed by atoms with van der Waals surface area (Å²) >= 11 is 0. The molecule has 170 valence electrons. The average Bonchev–Trinajstić information content (AvgIpc) is 2.87. The highest BCUT2D eigenvalue weighted by Crippen LogP contribution is 2.29. The molecule has 4 aromatic rings. The first kappa shape index (κ1) is 22.7. The van der Waals surface area contributed by atoms with Gasteiger partial charge < -0.3 is 15.3 Å². The van der Waals surface area contributed by atoms with Crippen molar-refractivity contribution in [3.8, 4) is 23.2 Å². The van der Waals surface area contributed by atoms with Crippen LogP contribution >= 0.6 is 0 Å². The number of nitrogens with zero attached hydrogens (tertiary/aromatic N) is 4. The molecule has 7 nitrogen and oxygen atoms in total. The van der Waals surface area contributed by atoms with Crippen molar-refractivity contribution in [1.82, 2.24) is 9.97 Å². The second kappa shape index (κ2) is 10.5. The van der Waals surface area contributed by atoms with Crippen LogP contribution in [0.25, 0.3) is 22.2 Å². The number of hydrogen-bond acceptors (Lipinski definition) is 6. The topological polar surface area (TPSA) is 102 Å². The number of aromatic hydroxyl groups is 1. The first-order valence-corrected chi connectivity index (χ1v) is 11.2. The van der Waals surface area contributed by atoms with Gasteiger partial charge in [0.1, 0.15) is 17.3 Å². The van der Waals surface area contributed by atoms with Gasteiger partial charge in [-0.3, -0.25) is 4.79 Å². The molecule has 34 heavy (non-hydrogen) atoms. The Balaban J connectivity index is 1.73. The van der Waals surface area contributed by atoms with Gasteiger partial charge in [-0.1, -0.05) is 54.6 Å². The molecule has 0 aliphatic heterocycles. The molecule has 0 aliphatic carbocycles. The van der Waals surface area contributed by atoms with Gasteiger partial charge in [0.05, 0.1) is 11.8 Å². The number of carbonyl (C=O) groups excluding carboxylic acids is 1. The lowest BCUT2D eigenvalue weighted by Gasteiger charge is -2.22. The van der Waals surface area contributed by atoms with Gasteiger partial charge in [0.2, 0.25) is 0 Å². The molecule has 0 radical (unpaired) electrons. The minimum Gasteiger partial charge on any atom is -0.508 e. The maximum Gasteiger partial charge on any atom is 0.274 e. The number of carbonyl (C=O) groups is 1. The number of phenolic OH excluding ortho intramolecular Hbond substituents is 1. The van der Waals surface area contributed by atoms with E-state index in [1.54, 1.807) is 12.1 Å². The maximum atomic E-state index is 13.3. The summed E-state index contributed by atoms with van der Waals surface area (Å²) in [6.07, 6.45) is 1.15. The Morgan fingerprint density at radius 2 is 1.82 bits per heavy atom. The molecule has 7 heteroatoms. The number of nitriles is 1. The minimum absolute atomic E-state index is 0.0667. The fourth-order valence-corrected chi connectivity index (χ4v) is 3.80. The van der Waals surface area contributed by atoms with E-state index in [9.17, 15) is 9.90 Å². The van der Waals surface area contributed by atoms with Gasteiger partial charge in [-0.15, -0.1) is 0 Å². The molecule has 4 rings (SSSR count). The zero-order chi connectivity index (χ0) is 23.9. The first-order valence-electron chi connectivity index (χ1n) is 11.2. The number of fused-ring (bicyclic) bond motifs is 1. The molecule has 0 aliphatic rings. The molecular weight excluding hydrogens is 426 g/mol.